The smallest absolute Gasteiger partial charge is 0.191 e. The summed E-state index contributed by atoms with van der Waals surface area (Å²) in [6, 6.07) is 8.35. The molecule has 1 aromatic heterocycles. The molecule has 0 spiro atoms. The van der Waals surface area contributed by atoms with Crippen molar-refractivity contribution >= 4 is 52.9 Å². The van der Waals surface area contributed by atoms with Crippen LogP contribution in [0.3, 0.4) is 0 Å². The Bertz CT molecular complexity index is 764. The van der Waals surface area contributed by atoms with Crippen LogP contribution in [0.1, 0.15) is 21.5 Å². The zero-order valence-corrected chi connectivity index (χ0v) is 20.8. The number of hydrogen-bond acceptors (Lipinski definition) is 5. The van der Waals surface area contributed by atoms with Gasteiger partial charge in [-0.05, 0) is 24.6 Å². The summed E-state index contributed by atoms with van der Waals surface area (Å²) >= 11 is 7.82. The van der Waals surface area contributed by atoms with Gasteiger partial charge in [-0.1, -0.05) is 23.7 Å². The van der Waals surface area contributed by atoms with Crippen LogP contribution in [0.2, 0.25) is 5.02 Å². The van der Waals surface area contributed by atoms with E-state index in [2.05, 4.69) is 44.6 Å². The summed E-state index contributed by atoms with van der Waals surface area (Å²) in [4.78, 5) is 12.5. The second kappa shape index (κ2) is 12.7. The largest absolute Gasteiger partial charge is 0.379 e. The van der Waals surface area contributed by atoms with Crippen molar-refractivity contribution in [3.8, 4) is 0 Å². The fraction of sp³-hybridized carbons (Fsp3) is 0.500. The molecule has 1 saturated heterocycles. The molecule has 1 aliphatic heterocycles. The van der Waals surface area contributed by atoms with Crippen molar-refractivity contribution in [1.29, 1.82) is 0 Å². The minimum absolute atomic E-state index is 0. The lowest BCUT2D eigenvalue weighted by atomic mass is 10.0. The lowest BCUT2D eigenvalue weighted by Crippen LogP contribution is -2.46. The number of aromatic nitrogens is 1. The van der Waals surface area contributed by atoms with Crippen LogP contribution in [0.5, 0.6) is 0 Å². The van der Waals surface area contributed by atoms with Crippen molar-refractivity contribution in [1.82, 2.24) is 20.5 Å². The van der Waals surface area contributed by atoms with Crippen molar-refractivity contribution in [3.05, 3.63) is 50.9 Å². The van der Waals surface area contributed by atoms with E-state index in [4.69, 9.17) is 16.3 Å². The van der Waals surface area contributed by atoms with Gasteiger partial charge in [-0.15, -0.1) is 35.3 Å². The van der Waals surface area contributed by atoms with Gasteiger partial charge >= 0.3 is 0 Å². The van der Waals surface area contributed by atoms with Crippen molar-refractivity contribution in [3.63, 3.8) is 0 Å². The molecule has 2 aromatic rings. The molecule has 29 heavy (non-hydrogen) atoms. The number of ether oxygens (including phenoxy) is 1. The maximum atomic E-state index is 6.08. The van der Waals surface area contributed by atoms with E-state index in [9.17, 15) is 0 Å². The fourth-order valence-corrected chi connectivity index (χ4v) is 4.16. The molecule has 9 heteroatoms. The molecule has 0 saturated carbocycles. The first-order valence-corrected chi connectivity index (χ1v) is 10.8. The third-order valence-corrected chi connectivity index (χ3v) is 5.95. The Balaban J connectivity index is 0.00000300. The molecule has 1 atom stereocenters. The van der Waals surface area contributed by atoms with E-state index in [1.807, 2.05) is 18.3 Å². The van der Waals surface area contributed by atoms with Gasteiger partial charge in [0.2, 0.25) is 0 Å². The highest BCUT2D eigenvalue weighted by atomic mass is 127. The molecule has 160 valence electrons. The number of thiazole rings is 1. The molecule has 1 fully saturated rings. The summed E-state index contributed by atoms with van der Waals surface area (Å²) in [5, 5.41) is 8.77. The molecule has 0 amide bonds. The first-order chi connectivity index (χ1) is 13.7. The molecular formula is C20H29ClIN5OS. The van der Waals surface area contributed by atoms with Crippen LogP contribution >= 0.6 is 46.9 Å². The van der Waals surface area contributed by atoms with Gasteiger partial charge in [0.25, 0.3) is 0 Å². The van der Waals surface area contributed by atoms with Crippen molar-refractivity contribution < 1.29 is 4.74 Å². The second-order valence-corrected chi connectivity index (χ2v) is 8.47. The van der Waals surface area contributed by atoms with E-state index in [0.29, 0.717) is 0 Å². The highest BCUT2D eigenvalue weighted by Gasteiger charge is 2.22. The van der Waals surface area contributed by atoms with E-state index < -0.39 is 0 Å². The SMILES string of the molecule is CN=C(NCCc1ncc(C)s1)NCC(c1ccc(Cl)cc1)N1CCOCC1.I. The predicted molar refractivity (Wildman–Crippen MR) is 132 cm³/mol. The Morgan fingerprint density at radius 2 is 2.00 bits per heavy atom. The van der Waals surface area contributed by atoms with Crippen molar-refractivity contribution in [2.75, 3.05) is 46.4 Å². The van der Waals surface area contributed by atoms with Gasteiger partial charge in [0.05, 0.1) is 24.3 Å². The monoisotopic (exact) mass is 549 g/mol. The van der Waals surface area contributed by atoms with Gasteiger partial charge in [-0.2, -0.15) is 0 Å². The van der Waals surface area contributed by atoms with E-state index in [1.54, 1.807) is 18.4 Å². The van der Waals surface area contributed by atoms with Crippen LogP contribution in [0.15, 0.2) is 35.5 Å². The summed E-state index contributed by atoms with van der Waals surface area (Å²) in [7, 11) is 1.80. The number of hydrogen-bond donors (Lipinski definition) is 2. The molecule has 1 aromatic carbocycles. The number of aryl methyl sites for hydroxylation is 1. The quantitative estimate of drug-likeness (QED) is 0.315. The zero-order valence-electron chi connectivity index (χ0n) is 16.9. The third-order valence-electron chi connectivity index (χ3n) is 4.73. The van der Waals surface area contributed by atoms with Crippen LogP contribution in [0, 0.1) is 6.92 Å². The summed E-state index contributed by atoms with van der Waals surface area (Å²) in [6.07, 6.45) is 2.81. The molecule has 1 aliphatic rings. The van der Waals surface area contributed by atoms with Gasteiger partial charge in [0.15, 0.2) is 5.96 Å². The molecule has 2 heterocycles. The standard InChI is InChI=1S/C20H28ClN5OS.HI/c1-15-13-24-19(28-15)7-8-23-20(22-2)25-14-18(26-9-11-27-12-10-26)16-3-5-17(21)6-4-16;/h3-6,13,18H,7-12,14H2,1-2H3,(H2,22,23,25);1H. The Kier molecular flexibility index (Phi) is 10.6. The summed E-state index contributed by atoms with van der Waals surface area (Å²) in [6.45, 7) is 7.02. The van der Waals surface area contributed by atoms with Gasteiger partial charge in [-0.25, -0.2) is 4.98 Å². The molecular weight excluding hydrogens is 521 g/mol. The summed E-state index contributed by atoms with van der Waals surface area (Å²) in [5.41, 5.74) is 1.24. The fourth-order valence-electron chi connectivity index (χ4n) is 3.25. The maximum Gasteiger partial charge on any atom is 0.191 e. The van der Waals surface area contributed by atoms with E-state index in [1.165, 1.54) is 10.4 Å². The van der Waals surface area contributed by atoms with Crippen LogP contribution < -0.4 is 10.6 Å². The number of rotatable bonds is 7. The summed E-state index contributed by atoms with van der Waals surface area (Å²) < 4.78 is 5.52. The lowest BCUT2D eigenvalue weighted by Gasteiger charge is -2.35. The Labute approximate surface area is 199 Å². The van der Waals surface area contributed by atoms with Crippen LogP contribution in [0.4, 0.5) is 0 Å². The molecule has 0 bridgehead atoms. The molecule has 3 rings (SSSR count). The van der Waals surface area contributed by atoms with Crippen molar-refractivity contribution in [2.24, 2.45) is 4.99 Å². The highest BCUT2D eigenvalue weighted by molar-refractivity contribution is 14.0. The normalized spacial score (nSPS) is 16.2. The number of benzene rings is 1. The van der Waals surface area contributed by atoms with Gasteiger partial charge in [0.1, 0.15) is 0 Å². The van der Waals surface area contributed by atoms with E-state index in [-0.39, 0.29) is 30.0 Å². The summed E-state index contributed by atoms with van der Waals surface area (Å²) in [5.74, 6) is 0.806. The van der Waals surface area contributed by atoms with Crippen molar-refractivity contribution in [2.45, 2.75) is 19.4 Å². The third kappa shape index (κ3) is 7.67. The molecule has 0 radical (unpaired) electrons. The Hall–Kier alpha value is -0.940. The predicted octanol–water partition coefficient (Wildman–Crippen LogP) is 3.50. The van der Waals surface area contributed by atoms with Crippen LogP contribution in [-0.4, -0.2) is 62.3 Å². The number of guanidine groups is 1. The molecule has 1 unspecified atom stereocenters. The maximum absolute atomic E-state index is 6.08. The number of morpholine rings is 1. The van der Waals surface area contributed by atoms with Gasteiger partial charge in [0, 0.05) is 55.7 Å². The highest BCUT2D eigenvalue weighted by Crippen LogP contribution is 2.23. The minimum Gasteiger partial charge on any atom is -0.379 e. The number of nitrogens with one attached hydrogen (secondary N) is 2. The number of halogens is 2. The van der Waals surface area contributed by atoms with Crippen LogP contribution in [0.25, 0.3) is 0 Å². The van der Waals surface area contributed by atoms with Gasteiger partial charge in [-0.3, -0.25) is 9.89 Å². The zero-order chi connectivity index (χ0) is 19.8. The Morgan fingerprint density at radius 1 is 1.28 bits per heavy atom. The average molecular weight is 550 g/mol. The minimum atomic E-state index is 0. The molecule has 0 aliphatic carbocycles. The molecule has 6 nitrogen and oxygen atoms in total. The van der Waals surface area contributed by atoms with E-state index >= 15 is 0 Å². The Morgan fingerprint density at radius 3 is 2.62 bits per heavy atom. The first kappa shape index (κ1) is 24.3. The van der Waals surface area contributed by atoms with Gasteiger partial charge < -0.3 is 15.4 Å². The van der Waals surface area contributed by atoms with Crippen LogP contribution in [-0.2, 0) is 11.2 Å². The first-order valence-electron chi connectivity index (χ1n) is 9.59. The lowest BCUT2D eigenvalue weighted by molar-refractivity contribution is 0.0170. The topological polar surface area (TPSA) is 61.8 Å². The number of nitrogens with zero attached hydrogens (tertiary/aromatic N) is 3. The molecule has 2 N–H and O–H groups in total. The second-order valence-electron chi connectivity index (χ2n) is 6.71. The average Bonchev–Trinajstić information content (AvgIpc) is 3.14. The number of aliphatic imine (C=N–C) groups is 1. The van der Waals surface area contributed by atoms with E-state index in [0.717, 1.165) is 61.8 Å².